The third-order valence-electron chi connectivity index (χ3n) is 2.68. The number of thioether (sulfide) groups is 1. The van der Waals surface area contributed by atoms with Gasteiger partial charge in [-0.05, 0) is 30.7 Å². The Labute approximate surface area is 121 Å². The number of nitro groups is 1. The van der Waals surface area contributed by atoms with Crippen LogP contribution in [0.25, 0.3) is 0 Å². The molecule has 0 fully saturated rings. The van der Waals surface area contributed by atoms with Gasteiger partial charge in [0, 0.05) is 36.3 Å². The van der Waals surface area contributed by atoms with Gasteiger partial charge in [0.2, 0.25) is 0 Å². The minimum Gasteiger partial charge on any atom is -0.385 e. The maximum Gasteiger partial charge on any atom is 0.269 e. The molecule has 2 aromatic rings. The number of nitrogens with one attached hydrogen (secondary N) is 1. The van der Waals surface area contributed by atoms with Gasteiger partial charge in [0.15, 0.2) is 0 Å². The van der Waals surface area contributed by atoms with Gasteiger partial charge in [0.1, 0.15) is 0 Å². The molecule has 2 rings (SSSR count). The van der Waals surface area contributed by atoms with Gasteiger partial charge in [-0.2, -0.15) is 0 Å². The van der Waals surface area contributed by atoms with Crippen LogP contribution in [0.2, 0.25) is 0 Å². The largest absolute Gasteiger partial charge is 0.385 e. The van der Waals surface area contributed by atoms with Gasteiger partial charge in [-0.1, -0.05) is 6.07 Å². The van der Waals surface area contributed by atoms with Crippen molar-refractivity contribution in [2.24, 2.45) is 0 Å². The van der Waals surface area contributed by atoms with Crippen molar-refractivity contribution in [1.29, 1.82) is 0 Å². The third kappa shape index (κ3) is 3.71. The number of nitrogens with zero attached hydrogens (tertiary/aromatic N) is 2. The fourth-order valence-corrected chi connectivity index (χ4v) is 2.61. The lowest BCUT2D eigenvalue weighted by Gasteiger charge is -2.10. The van der Waals surface area contributed by atoms with Crippen molar-refractivity contribution in [1.82, 2.24) is 4.98 Å². The van der Waals surface area contributed by atoms with Gasteiger partial charge >= 0.3 is 0 Å². The molecule has 0 saturated carbocycles. The van der Waals surface area contributed by atoms with Crippen LogP contribution in [-0.2, 0) is 5.75 Å². The molecule has 0 aliphatic heterocycles. The summed E-state index contributed by atoms with van der Waals surface area (Å²) in [6.45, 7) is 2.77. The van der Waals surface area contributed by atoms with Crippen LogP contribution in [0.1, 0.15) is 12.5 Å². The molecule has 0 aliphatic carbocycles. The molecule has 0 amide bonds. The molecule has 1 aromatic heterocycles. The van der Waals surface area contributed by atoms with Crippen LogP contribution in [0.15, 0.2) is 47.6 Å². The van der Waals surface area contributed by atoms with Gasteiger partial charge in [-0.3, -0.25) is 10.1 Å². The highest BCUT2D eigenvalue weighted by Crippen LogP contribution is 2.28. The second-order valence-electron chi connectivity index (χ2n) is 4.09. The molecular weight excluding hydrogens is 274 g/mol. The number of hydrogen-bond donors (Lipinski definition) is 1. The van der Waals surface area contributed by atoms with E-state index in [9.17, 15) is 10.1 Å². The van der Waals surface area contributed by atoms with Crippen LogP contribution in [0.3, 0.4) is 0 Å². The summed E-state index contributed by atoms with van der Waals surface area (Å²) in [6, 6.07) is 10.6. The van der Waals surface area contributed by atoms with Crippen molar-refractivity contribution >= 4 is 23.1 Å². The maximum atomic E-state index is 10.9. The summed E-state index contributed by atoms with van der Waals surface area (Å²) in [5, 5.41) is 15.0. The van der Waals surface area contributed by atoms with Crippen LogP contribution < -0.4 is 5.32 Å². The fraction of sp³-hybridized carbons (Fsp3) is 0.214. The monoisotopic (exact) mass is 289 g/mol. The minimum atomic E-state index is -0.370. The summed E-state index contributed by atoms with van der Waals surface area (Å²) in [6.07, 6.45) is 1.74. The molecule has 1 N–H and O–H groups in total. The van der Waals surface area contributed by atoms with E-state index in [2.05, 4.69) is 10.3 Å². The average molecular weight is 289 g/mol. The molecule has 20 heavy (non-hydrogen) atoms. The summed E-state index contributed by atoms with van der Waals surface area (Å²) in [4.78, 5) is 14.7. The molecule has 0 radical (unpaired) electrons. The number of rotatable bonds is 6. The first-order valence-corrected chi connectivity index (χ1v) is 7.24. The summed E-state index contributed by atoms with van der Waals surface area (Å²) in [5.74, 6) is 0.640. The molecule has 5 nitrogen and oxygen atoms in total. The number of benzene rings is 1. The van der Waals surface area contributed by atoms with Crippen molar-refractivity contribution in [2.75, 3.05) is 11.9 Å². The smallest absolute Gasteiger partial charge is 0.269 e. The molecule has 104 valence electrons. The SMILES string of the molecule is CCNc1ccc([N+](=O)[O-])cc1CSc1ccccn1. The molecule has 0 atom stereocenters. The minimum absolute atomic E-state index is 0.114. The van der Waals surface area contributed by atoms with Crippen LogP contribution >= 0.6 is 11.8 Å². The third-order valence-corrected chi connectivity index (χ3v) is 3.67. The lowest BCUT2D eigenvalue weighted by molar-refractivity contribution is -0.384. The van der Waals surface area contributed by atoms with Crippen molar-refractivity contribution < 1.29 is 4.92 Å². The summed E-state index contributed by atoms with van der Waals surface area (Å²) < 4.78 is 0. The molecule has 6 heteroatoms. The van der Waals surface area contributed by atoms with Crippen molar-refractivity contribution in [2.45, 2.75) is 17.7 Å². The maximum absolute atomic E-state index is 10.9. The second-order valence-corrected chi connectivity index (χ2v) is 5.08. The van der Waals surface area contributed by atoms with Gasteiger partial charge in [-0.15, -0.1) is 11.8 Å². The lowest BCUT2D eigenvalue weighted by atomic mass is 10.2. The quantitative estimate of drug-likeness (QED) is 0.499. The molecule has 1 aromatic carbocycles. The van der Waals surface area contributed by atoms with Crippen LogP contribution in [0.5, 0.6) is 0 Å². The topological polar surface area (TPSA) is 68.1 Å². The van der Waals surface area contributed by atoms with E-state index in [1.54, 1.807) is 30.1 Å². The van der Waals surface area contributed by atoms with Crippen molar-refractivity contribution in [3.8, 4) is 0 Å². The average Bonchev–Trinajstić information content (AvgIpc) is 2.47. The molecule has 1 heterocycles. The fourth-order valence-electron chi connectivity index (χ4n) is 1.76. The van der Waals surface area contributed by atoms with E-state index in [0.717, 1.165) is 22.8 Å². The number of non-ortho nitro benzene ring substituents is 1. The first-order chi connectivity index (χ1) is 9.70. The molecule has 0 unspecified atom stereocenters. The summed E-state index contributed by atoms with van der Waals surface area (Å²) in [5.41, 5.74) is 1.96. The highest BCUT2D eigenvalue weighted by atomic mass is 32.2. The number of aromatic nitrogens is 1. The molecular formula is C14H15N3O2S. The number of pyridine rings is 1. The Bertz CT molecular complexity index is 590. The van der Waals surface area contributed by atoms with Gasteiger partial charge in [-0.25, -0.2) is 4.98 Å². The zero-order valence-electron chi connectivity index (χ0n) is 11.1. The van der Waals surface area contributed by atoms with E-state index in [4.69, 9.17) is 0 Å². The lowest BCUT2D eigenvalue weighted by Crippen LogP contribution is -2.01. The van der Waals surface area contributed by atoms with Gasteiger partial charge in [0.25, 0.3) is 5.69 Å². The predicted octanol–water partition coefficient (Wildman–Crippen LogP) is 3.71. The van der Waals surface area contributed by atoms with Crippen molar-refractivity contribution in [3.05, 3.63) is 58.3 Å². The number of nitro benzene ring substituents is 1. The van der Waals surface area contributed by atoms with E-state index in [0.29, 0.717) is 5.75 Å². The normalized spacial score (nSPS) is 10.2. The number of hydrogen-bond acceptors (Lipinski definition) is 5. The summed E-state index contributed by atoms with van der Waals surface area (Å²) >= 11 is 1.56. The predicted molar refractivity (Wildman–Crippen MR) is 81.1 cm³/mol. The van der Waals surface area contributed by atoms with E-state index < -0.39 is 0 Å². The van der Waals surface area contributed by atoms with E-state index in [-0.39, 0.29) is 10.6 Å². The zero-order valence-corrected chi connectivity index (χ0v) is 11.9. The Balaban J connectivity index is 2.19. The van der Waals surface area contributed by atoms with Gasteiger partial charge < -0.3 is 5.32 Å². The Morgan fingerprint density at radius 3 is 2.85 bits per heavy atom. The van der Waals surface area contributed by atoms with Crippen LogP contribution in [-0.4, -0.2) is 16.5 Å². The van der Waals surface area contributed by atoms with Crippen LogP contribution in [0.4, 0.5) is 11.4 Å². The van der Waals surface area contributed by atoms with E-state index in [1.807, 2.05) is 25.1 Å². The first kappa shape index (κ1) is 14.3. The molecule has 0 aliphatic rings. The number of anilines is 1. The highest BCUT2D eigenvalue weighted by molar-refractivity contribution is 7.98. The van der Waals surface area contributed by atoms with Gasteiger partial charge in [0.05, 0.1) is 9.95 Å². The highest BCUT2D eigenvalue weighted by Gasteiger charge is 2.11. The molecule has 0 saturated heterocycles. The Morgan fingerprint density at radius 2 is 2.20 bits per heavy atom. The van der Waals surface area contributed by atoms with E-state index in [1.165, 1.54) is 6.07 Å². The Kier molecular flexibility index (Phi) is 4.95. The Hall–Kier alpha value is -2.08. The second kappa shape index (κ2) is 6.91. The first-order valence-electron chi connectivity index (χ1n) is 6.25. The summed E-state index contributed by atoms with van der Waals surface area (Å²) in [7, 11) is 0. The standard InChI is InChI=1S/C14H15N3O2S/c1-2-15-13-7-6-12(17(18)19)9-11(13)10-20-14-5-3-4-8-16-14/h3-9,15H,2,10H2,1H3. The zero-order chi connectivity index (χ0) is 14.4. The van der Waals surface area contributed by atoms with Crippen LogP contribution in [0, 0.1) is 10.1 Å². The van der Waals surface area contributed by atoms with Crippen molar-refractivity contribution in [3.63, 3.8) is 0 Å². The Morgan fingerprint density at radius 1 is 1.35 bits per heavy atom. The van der Waals surface area contributed by atoms with E-state index >= 15 is 0 Å². The molecule has 0 bridgehead atoms. The molecule has 0 spiro atoms.